The fraction of sp³-hybridized carbons (Fsp3) is 0.286. The number of nitrogens with zero attached hydrogens (tertiary/aromatic N) is 3. The molecule has 1 unspecified atom stereocenters. The fourth-order valence-corrected chi connectivity index (χ4v) is 2.79. The van der Waals surface area contributed by atoms with Gasteiger partial charge in [0.05, 0.1) is 29.4 Å². The lowest BCUT2D eigenvalue weighted by atomic mass is 10.0. The van der Waals surface area contributed by atoms with E-state index in [2.05, 4.69) is 31.7 Å². The van der Waals surface area contributed by atoms with Crippen molar-refractivity contribution in [2.45, 2.75) is 25.4 Å². The Hall–Kier alpha value is -2.14. The van der Waals surface area contributed by atoms with E-state index < -0.39 is 0 Å². The van der Waals surface area contributed by atoms with Crippen LogP contribution < -0.4 is 5.73 Å². The van der Waals surface area contributed by atoms with Crippen molar-refractivity contribution in [1.82, 2.24) is 19.5 Å². The molecule has 3 N–H and O–H groups in total. The molecular formula is C14H15N5. The second kappa shape index (κ2) is 3.93. The van der Waals surface area contributed by atoms with E-state index in [1.54, 1.807) is 6.33 Å². The van der Waals surface area contributed by atoms with Gasteiger partial charge in [-0.25, -0.2) is 9.97 Å². The molecule has 0 bridgehead atoms. The second-order valence-corrected chi connectivity index (χ2v) is 5.12. The average Bonchev–Trinajstić information content (AvgIpc) is 3.03. The van der Waals surface area contributed by atoms with Crippen molar-refractivity contribution >= 4 is 11.0 Å². The summed E-state index contributed by atoms with van der Waals surface area (Å²) in [7, 11) is 0. The Morgan fingerprint density at radius 2 is 2.26 bits per heavy atom. The number of rotatable bonds is 1. The molecule has 0 spiro atoms. The van der Waals surface area contributed by atoms with Gasteiger partial charge >= 0.3 is 0 Å². The van der Waals surface area contributed by atoms with E-state index in [0.29, 0.717) is 0 Å². The highest BCUT2D eigenvalue weighted by molar-refractivity contribution is 5.81. The molecular weight excluding hydrogens is 238 g/mol. The highest BCUT2D eigenvalue weighted by Crippen LogP contribution is 2.28. The first kappa shape index (κ1) is 10.8. The number of aromatic amines is 1. The van der Waals surface area contributed by atoms with Crippen molar-refractivity contribution in [2.24, 2.45) is 5.73 Å². The van der Waals surface area contributed by atoms with Crippen LogP contribution in [0.3, 0.4) is 0 Å². The van der Waals surface area contributed by atoms with Gasteiger partial charge in [-0.2, -0.15) is 0 Å². The number of aromatic nitrogens is 4. The predicted molar refractivity (Wildman–Crippen MR) is 73.6 cm³/mol. The van der Waals surface area contributed by atoms with Gasteiger partial charge in [0, 0.05) is 30.3 Å². The number of H-pyrrole nitrogens is 1. The summed E-state index contributed by atoms with van der Waals surface area (Å²) >= 11 is 0. The number of benzene rings is 1. The number of imidazole rings is 2. The Kier molecular flexibility index (Phi) is 2.22. The Balaban J connectivity index is 1.85. The minimum Gasteiger partial charge on any atom is -0.345 e. The van der Waals surface area contributed by atoms with Crippen LogP contribution in [0.15, 0.2) is 30.9 Å². The summed E-state index contributed by atoms with van der Waals surface area (Å²) in [5.41, 5.74) is 11.5. The number of nitrogens with two attached hydrogens (primary N) is 1. The summed E-state index contributed by atoms with van der Waals surface area (Å²) in [5, 5.41) is 0. The van der Waals surface area contributed by atoms with Crippen molar-refractivity contribution in [1.29, 1.82) is 0 Å². The van der Waals surface area contributed by atoms with Crippen LogP contribution in [0.2, 0.25) is 0 Å². The summed E-state index contributed by atoms with van der Waals surface area (Å²) in [6, 6.07) is 6.45. The van der Waals surface area contributed by atoms with Gasteiger partial charge in [0.25, 0.3) is 0 Å². The lowest BCUT2D eigenvalue weighted by Gasteiger charge is -2.21. The molecule has 96 valence electrons. The molecule has 0 saturated carbocycles. The van der Waals surface area contributed by atoms with E-state index in [1.807, 2.05) is 12.4 Å². The zero-order chi connectivity index (χ0) is 12.8. The quantitative estimate of drug-likeness (QED) is 0.693. The second-order valence-electron chi connectivity index (χ2n) is 5.12. The predicted octanol–water partition coefficient (Wildman–Crippen LogP) is 1.70. The molecule has 0 aliphatic carbocycles. The summed E-state index contributed by atoms with van der Waals surface area (Å²) in [6.45, 7) is 0.968. The largest absolute Gasteiger partial charge is 0.345 e. The summed E-state index contributed by atoms with van der Waals surface area (Å²) in [4.78, 5) is 11.9. The maximum Gasteiger partial charge on any atom is 0.0956 e. The van der Waals surface area contributed by atoms with E-state index in [1.165, 1.54) is 5.69 Å². The van der Waals surface area contributed by atoms with E-state index in [0.717, 1.165) is 41.7 Å². The lowest BCUT2D eigenvalue weighted by molar-refractivity contribution is 0.472. The van der Waals surface area contributed by atoms with Gasteiger partial charge < -0.3 is 15.3 Å². The monoisotopic (exact) mass is 253 g/mol. The number of aryl methyl sites for hydroxylation is 1. The molecule has 5 heteroatoms. The molecule has 0 amide bonds. The smallest absolute Gasteiger partial charge is 0.0956 e. The standard InChI is InChI=1S/C14H15N5/c15-10-3-4-19-8-18-14(13(19)6-10)9-1-2-11-12(5-9)17-7-16-11/h1-2,5,7-8,10H,3-4,6,15H2,(H,16,17). The first-order valence-electron chi connectivity index (χ1n) is 6.54. The summed E-state index contributed by atoms with van der Waals surface area (Å²) in [6.07, 6.45) is 5.57. The van der Waals surface area contributed by atoms with Crippen LogP contribution in [0, 0.1) is 0 Å². The molecule has 4 rings (SSSR count). The van der Waals surface area contributed by atoms with Crippen LogP contribution in [0.25, 0.3) is 22.3 Å². The van der Waals surface area contributed by atoms with Gasteiger partial charge in [-0.15, -0.1) is 0 Å². The lowest BCUT2D eigenvalue weighted by Crippen LogP contribution is -2.30. The Morgan fingerprint density at radius 3 is 3.21 bits per heavy atom. The van der Waals surface area contributed by atoms with Crippen LogP contribution in [0.5, 0.6) is 0 Å². The van der Waals surface area contributed by atoms with Gasteiger partial charge in [-0.05, 0) is 18.6 Å². The normalized spacial score (nSPS) is 18.7. The van der Waals surface area contributed by atoms with Crippen molar-refractivity contribution < 1.29 is 0 Å². The molecule has 1 aromatic carbocycles. The third-order valence-corrected chi connectivity index (χ3v) is 3.84. The van der Waals surface area contributed by atoms with Crippen LogP contribution in [0.1, 0.15) is 12.1 Å². The van der Waals surface area contributed by atoms with Gasteiger partial charge in [-0.1, -0.05) is 6.07 Å². The van der Waals surface area contributed by atoms with Crippen LogP contribution >= 0.6 is 0 Å². The zero-order valence-corrected chi connectivity index (χ0v) is 10.5. The molecule has 0 fully saturated rings. The summed E-state index contributed by atoms with van der Waals surface area (Å²) < 4.78 is 2.22. The Morgan fingerprint density at radius 1 is 1.32 bits per heavy atom. The fourth-order valence-electron chi connectivity index (χ4n) is 2.79. The molecule has 1 aliphatic rings. The number of hydrogen-bond donors (Lipinski definition) is 2. The third-order valence-electron chi connectivity index (χ3n) is 3.84. The number of hydrogen-bond acceptors (Lipinski definition) is 3. The molecule has 3 aromatic rings. The zero-order valence-electron chi connectivity index (χ0n) is 10.5. The molecule has 1 aliphatic heterocycles. The minimum atomic E-state index is 0.249. The highest BCUT2D eigenvalue weighted by Gasteiger charge is 2.20. The van der Waals surface area contributed by atoms with E-state index in [-0.39, 0.29) is 6.04 Å². The maximum atomic E-state index is 6.07. The first-order chi connectivity index (χ1) is 9.31. The van der Waals surface area contributed by atoms with Gasteiger partial charge in [0.2, 0.25) is 0 Å². The van der Waals surface area contributed by atoms with Crippen LogP contribution in [-0.2, 0) is 13.0 Å². The summed E-state index contributed by atoms with van der Waals surface area (Å²) in [5.74, 6) is 0. The van der Waals surface area contributed by atoms with Gasteiger partial charge in [0.1, 0.15) is 0 Å². The van der Waals surface area contributed by atoms with E-state index in [9.17, 15) is 0 Å². The van der Waals surface area contributed by atoms with Gasteiger partial charge in [-0.3, -0.25) is 0 Å². The van der Waals surface area contributed by atoms with Crippen molar-refractivity contribution in [3.63, 3.8) is 0 Å². The van der Waals surface area contributed by atoms with E-state index >= 15 is 0 Å². The Labute approximate surface area is 110 Å². The van der Waals surface area contributed by atoms with Crippen LogP contribution in [0.4, 0.5) is 0 Å². The topological polar surface area (TPSA) is 72.5 Å². The molecule has 3 heterocycles. The average molecular weight is 253 g/mol. The third kappa shape index (κ3) is 1.66. The Bertz CT molecular complexity index is 739. The number of nitrogens with one attached hydrogen (secondary N) is 1. The number of fused-ring (bicyclic) bond motifs is 2. The van der Waals surface area contributed by atoms with E-state index in [4.69, 9.17) is 5.73 Å². The molecule has 0 saturated heterocycles. The van der Waals surface area contributed by atoms with Crippen molar-refractivity contribution in [2.75, 3.05) is 0 Å². The van der Waals surface area contributed by atoms with Crippen molar-refractivity contribution in [3.8, 4) is 11.3 Å². The van der Waals surface area contributed by atoms with Gasteiger partial charge in [0.15, 0.2) is 0 Å². The molecule has 5 nitrogen and oxygen atoms in total. The molecule has 0 radical (unpaired) electrons. The SMILES string of the molecule is NC1CCn2cnc(-c3ccc4nc[nH]c4c3)c2C1. The molecule has 1 atom stereocenters. The van der Waals surface area contributed by atoms with Crippen LogP contribution in [-0.4, -0.2) is 25.6 Å². The first-order valence-corrected chi connectivity index (χ1v) is 6.54. The molecule has 2 aromatic heterocycles. The highest BCUT2D eigenvalue weighted by atomic mass is 15.1. The maximum absolute atomic E-state index is 6.07. The molecule has 19 heavy (non-hydrogen) atoms. The minimum absolute atomic E-state index is 0.249. The van der Waals surface area contributed by atoms with Crippen molar-refractivity contribution in [3.05, 3.63) is 36.5 Å².